The highest BCUT2D eigenvalue weighted by Gasteiger charge is 2.12. The van der Waals surface area contributed by atoms with Gasteiger partial charge in [0.15, 0.2) is 0 Å². The van der Waals surface area contributed by atoms with Crippen LogP contribution >= 0.6 is 15.9 Å². The molecule has 1 rings (SSSR count). The van der Waals surface area contributed by atoms with Gasteiger partial charge in [-0.05, 0) is 23.6 Å². The first kappa shape index (κ1) is 12.7. The van der Waals surface area contributed by atoms with Gasteiger partial charge < -0.3 is 4.74 Å². The van der Waals surface area contributed by atoms with Crippen molar-refractivity contribution in [3.8, 4) is 6.07 Å². The minimum Gasteiger partial charge on any atom is -0.465 e. The molecule has 84 valence electrons. The first-order chi connectivity index (χ1) is 7.72. The predicted octanol–water partition coefficient (Wildman–Crippen LogP) is 2.82. The van der Waals surface area contributed by atoms with Crippen molar-refractivity contribution in [1.29, 1.82) is 5.26 Å². The quantitative estimate of drug-likeness (QED) is 0.630. The third-order valence-corrected chi connectivity index (χ3v) is 2.89. The van der Waals surface area contributed by atoms with E-state index in [2.05, 4.69) is 22.0 Å². The third kappa shape index (κ3) is 3.07. The molecule has 0 fully saturated rings. The average molecular weight is 282 g/mol. The van der Waals surface area contributed by atoms with Crippen molar-refractivity contribution in [3.63, 3.8) is 0 Å². The topological polar surface area (TPSA) is 50.1 Å². The minimum absolute atomic E-state index is 0.351. The van der Waals surface area contributed by atoms with Gasteiger partial charge in [0.05, 0.1) is 18.7 Å². The Morgan fingerprint density at radius 2 is 2.31 bits per heavy atom. The Balaban J connectivity index is 3.06. The number of carbonyl (C=O) groups excluding carboxylic acids is 1. The summed E-state index contributed by atoms with van der Waals surface area (Å²) in [6.07, 6.45) is 0.973. The van der Waals surface area contributed by atoms with Crippen LogP contribution in [0.15, 0.2) is 18.2 Å². The summed E-state index contributed by atoms with van der Waals surface area (Å²) < 4.78 is 4.72. The van der Waals surface area contributed by atoms with E-state index >= 15 is 0 Å². The van der Waals surface area contributed by atoms with E-state index in [-0.39, 0.29) is 5.97 Å². The first-order valence-corrected chi connectivity index (χ1v) is 5.98. The normalized spacial score (nSPS) is 9.56. The fourth-order valence-corrected chi connectivity index (χ4v) is 1.76. The van der Waals surface area contributed by atoms with Crippen LogP contribution in [0.5, 0.6) is 0 Å². The molecule has 0 amide bonds. The molecule has 0 N–H and O–H groups in total. The maximum atomic E-state index is 11.5. The Labute approximate surface area is 103 Å². The van der Waals surface area contributed by atoms with Gasteiger partial charge in [-0.2, -0.15) is 5.26 Å². The number of methoxy groups -OCH3 is 1. The highest BCUT2D eigenvalue weighted by Crippen LogP contribution is 2.17. The van der Waals surface area contributed by atoms with E-state index in [1.807, 2.05) is 12.1 Å². The number of nitriles is 1. The van der Waals surface area contributed by atoms with Crippen LogP contribution in [0, 0.1) is 11.3 Å². The second-order valence-corrected chi connectivity index (χ2v) is 3.84. The van der Waals surface area contributed by atoms with Gasteiger partial charge in [-0.1, -0.05) is 28.1 Å². The molecule has 0 spiro atoms. The van der Waals surface area contributed by atoms with Crippen molar-refractivity contribution in [3.05, 3.63) is 34.9 Å². The zero-order valence-electron chi connectivity index (χ0n) is 9.00. The molecule has 0 atom stereocenters. The molecule has 0 saturated heterocycles. The summed E-state index contributed by atoms with van der Waals surface area (Å²) in [4.78, 5) is 11.5. The van der Waals surface area contributed by atoms with Gasteiger partial charge in [0.1, 0.15) is 0 Å². The van der Waals surface area contributed by atoms with Crippen LogP contribution in [0.3, 0.4) is 0 Å². The molecule has 0 aromatic heterocycles. The monoisotopic (exact) mass is 281 g/mol. The molecule has 4 heteroatoms. The van der Waals surface area contributed by atoms with Gasteiger partial charge in [-0.3, -0.25) is 0 Å². The summed E-state index contributed by atoms with van der Waals surface area (Å²) in [5.74, 6) is -0.351. The molecule has 0 saturated carbocycles. The van der Waals surface area contributed by atoms with Crippen LogP contribution in [0.25, 0.3) is 0 Å². The molecule has 1 aromatic carbocycles. The van der Waals surface area contributed by atoms with Crippen molar-refractivity contribution >= 4 is 21.9 Å². The van der Waals surface area contributed by atoms with Crippen molar-refractivity contribution in [2.45, 2.75) is 18.2 Å². The Kier molecular flexibility index (Phi) is 5.00. The van der Waals surface area contributed by atoms with Crippen LogP contribution < -0.4 is 0 Å². The molecule has 0 radical (unpaired) electrons. The van der Waals surface area contributed by atoms with E-state index in [0.717, 1.165) is 11.1 Å². The van der Waals surface area contributed by atoms with Crippen molar-refractivity contribution < 1.29 is 9.53 Å². The number of rotatable bonds is 4. The summed E-state index contributed by atoms with van der Waals surface area (Å²) >= 11 is 3.34. The van der Waals surface area contributed by atoms with Crippen LogP contribution in [0.2, 0.25) is 0 Å². The highest BCUT2D eigenvalue weighted by atomic mass is 79.9. The van der Waals surface area contributed by atoms with Crippen LogP contribution in [0.1, 0.15) is 27.9 Å². The van der Waals surface area contributed by atoms with E-state index in [4.69, 9.17) is 10.00 Å². The average Bonchev–Trinajstić information content (AvgIpc) is 2.35. The van der Waals surface area contributed by atoms with Crippen molar-refractivity contribution in [2.75, 3.05) is 7.11 Å². The second kappa shape index (κ2) is 6.29. The van der Waals surface area contributed by atoms with Gasteiger partial charge in [-0.25, -0.2) is 4.79 Å². The SMILES string of the molecule is COC(=O)c1cc(CBr)ccc1CCC#N. The summed E-state index contributed by atoms with van der Waals surface area (Å²) in [5, 5.41) is 9.23. The highest BCUT2D eigenvalue weighted by molar-refractivity contribution is 9.08. The van der Waals surface area contributed by atoms with E-state index < -0.39 is 0 Å². The Morgan fingerprint density at radius 1 is 1.56 bits per heavy atom. The van der Waals surface area contributed by atoms with Crippen LogP contribution in [-0.2, 0) is 16.5 Å². The molecule has 0 bridgehead atoms. The lowest BCUT2D eigenvalue weighted by Crippen LogP contribution is -2.06. The Morgan fingerprint density at radius 3 is 2.88 bits per heavy atom. The van der Waals surface area contributed by atoms with Crippen molar-refractivity contribution in [2.24, 2.45) is 0 Å². The lowest BCUT2D eigenvalue weighted by atomic mass is 10.0. The van der Waals surface area contributed by atoms with E-state index in [0.29, 0.717) is 23.7 Å². The van der Waals surface area contributed by atoms with Gasteiger partial charge >= 0.3 is 5.97 Å². The van der Waals surface area contributed by atoms with E-state index in [1.54, 1.807) is 6.07 Å². The number of esters is 1. The molecule has 0 unspecified atom stereocenters. The molecule has 16 heavy (non-hydrogen) atoms. The van der Waals surface area contributed by atoms with Gasteiger partial charge in [0.2, 0.25) is 0 Å². The van der Waals surface area contributed by atoms with E-state index in [9.17, 15) is 4.79 Å². The molecule has 0 aliphatic carbocycles. The molecular formula is C12H12BrNO2. The van der Waals surface area contributed by atoms with Gasteiger partial charge in [0.25, 0.3) is 0 Å². The summed E-state index contributed by atoms with van der Waals surface area (Å²) in [6.45, 7) is 0. The number of nitrogens with zero attached hydrogens (tertiary/aromatic N) is 1. The predicted molar refractivity (Wildman–Crippen MR) is 64.3 cm³/mol. The minimum atomic E-state index is -0.351. The molecule has 0 aliphatic heterocycles. The molecular weight excluding hydrogens is 270 g/mol. The first-order valence-electron chi connectivity index (χ1n) is 4.86. The summed E-state index contributed by atoms with van der Waals surface area (Å²) in [7, 11) is 1.36. The van der Waals surface area contributed by atoms with Gasteiger partial charge in [-0.15, -0.1) is 0 Å². The number of aryl methyl sites for hydroxylation is 1. The maximum absolute atomic E-state index is 11.5. The molecule has 3 nitrogen and oxygen atoms in total. The number of halogens is 1. The third-order valence-electron chi connectivity index (χ3n) is 2.24. The molecule has 1 aromatic rings. The number of hydrogen-bond donors (Lipinski definition) is 0. The zero-order valence-corrected chi connectivity index (χ0v) is 10.6. The number of benzene rings is 1. The lowest BCUT2D eigenvalue weighted by Gasteiger charge is -2.07. The Hall–Kier alpha value is -1.34. The number of ether oxygens (including phenoxy) is 1. The second-order valence-electron chi connectivity index (χ2n) is 3.27. The largest absolute Gasteiger partial charge is 0.465 e. The molecule has 0 aliphatic rings. The van der Waals surface area contributed by atoms with Crippen LogP contribution in [0.4, 0.5) is 0 Å². The lowest BCUT2D eigenvalue weighted by molar-refractivity contribution is 0.0599. The molecule has 0 heterocycles. The zero-order chi connectivity index (χ0) is 12.0. The maximum Gasteiger partial charge on any atom is 0.338 e. The number of carbonyl (C=O) groups is 1. The fraction of sp³-hybridized carbons (Fsp3) is 0.333. The van der Waals surface area contributed by atoms with E-state index in [1.165, 1.54) is 7.11 Å². The number of alkyl halides is 1. The smallest absolute Gasteiger partial charge is 0.338 e. The van der Waals surface area contributed by atoms with Crippen LogP contribution in [-0.4, -0.2) is 13.1 Å². The van der Waals surface area contributed by atoms with Gasteiger partial charge in [0, 0.05) is 11.8 Å². The standard InChI is InChI=1S/C12H12BrNO2/c1-16-12(15)11-7-9(8-13)4-5-10(11)3-2-6-14/h4-5,7H,2-3,8H2,1H3. The Bertz CT molecular complexity index is 424. The van der Waals surface area contributed by atoms with Crippen molar-refractivity contribution in [1.82, 2.24) is 0 Å². The summed E-state index contributed by atoms with van der Waals surface area (Å²) in [6, 6.07) is 7.68. The summed E-state index contributed by atoms with van der Waals surface area (Å²) in [5.41, 5.74) is 2.42. The number of hydrogen-bond acceptors (Lipinski definition) is 3. The fourth-order valence-electron chi connectivity index (χ4n) is 1.42.